The Morgan fingerprint density at radius 3 is 2.65 bits per heavy atom. The van der Waals surface area contributed by atoms with Crippen LogP contribution in [0.3, 0.4) is 0 Å². The van der Waals surface area contributed by atoms with Crippen LogP contribution < -0.4 is 11.4 Å². The number of anilines is 1. The van der Waals surface area contributed by atoms with Crippen molar-refractivity contribution in [2.45, 2.75) is 0 Å². The van der Waals surface area contributed by atoms with Crippen LogP contribution in [0.15, 0.2) is 47.5 Å². The minimum Gasteiger partial charge on any atom is -0.383 e. The lowest BCUT2D eigenvalue weighted by molar-refractivity contribution is 1.09. The Bertz CT molecular complexity index is 627. The van der Waals surface area contributed by atoms with Crippen molar-refractivity contribution >= 4 is 16.7 Å². The molecule has 4 N–H and O–H groups in total. The Morgan fingerprint density at radius 1 is 1.18 bits per heavy atom. The van der Waals surface area contributed by atoms with E-state index in [1.54, 1.807) is 18.5 Å². The molecule has 0 amide bonds. The van der Waals surface area contributed by atoms with Gasteiger partial charge in [-0.25, -0.2) is 4.79 Å². The fraction of sp³-hybridized carbons (Fsp3) is 0. The van der Waals surface area contributed by atoms with E-state index in [4.69, 9.17) is 5.73 Å². The van der Waals surface area contributed by atoms with Crippen LogP contribution in [0.25, 0.3) is 10.9 Å². The second-order valence-corrected chi connectivity index (χ2v) is 3.24. The Balaban J connectivity index is 0.000000181. The molecule has 0 atom stereocenters. The Hall–Kier alpha value is -2.63. The summed E-state index contributed by atoms with van der Waals surface area (Å²) in [6.07, 6.45) is 3.46. The Morgan fingerprint density at radius 2 is 2.00 bits per heavy atom. The van der Waals surface area contributed by atoms with Crippen LogP contribution in [0.5, 0.6) is 0 Å². The molecule has 0 bridgehead atoms. The van der Waals surface area contributed by atoms with Gasteiger partial charge < -0.3 is 10.7 Å². The lowest BCUT2D eigenvalue weighted by atomic mass is 10.2. The number of nitrogen functional groups attached to an aromatic ring is 1. The Labute approximate surface area is 96.5 Å². The summed E-state index contributed by atoms with van der Waals surface area (Å²) in [6.45, 7) is 0. The van der Waals surface area contributed by atoms with Gasteiger partial charge in [0.2, 0.25) is 0 Å². The van der Waals surface area contributed by atoms with Crippen LogP contribution in [0.4, 0.5) is 5.82 Å². The number of rotatable bonds is 0. The first-order chi connectivity index (χ1) is 8.27. The summed E-state index contributed by atoms with van der Waals surface area (Å²) in [6, 6.07) is 9.11. The predicted octanol–water partition coefficient (Wildman–Crippen LogP) is 0.915. The minimum absolute atomic E-state index is 0.273. The first-order valence-corrected chi connectivity index (χ1v) is 4.95. The van der Waals surface area contributed by atoms with Gasteiger partial charge in [0.25, 0.3) is 0 Å². The van der Waals surface area contributed by atoms with E-state index in [2.05, 4.69) is 20.2 Å². The molecule has 6 heteroatoms. The second kappa shape index (κ2) is 4.93. The van der Waals surface area contributed by atoms with E-state index < -0.39 is 5.69 Å². The molecule has 0 aliphatic heterocycles. The molecule has 0 saturated carbocycles. The summed E-state index contributed by atoms with van der Waals surface area (Å²) in [7, 11) is 0. The number of nitrogens with one attached hydrogen (secondary N) is 2. The van der Waals surface area contributed by atoms with Gasteiger partial charge in [-0.1, -0.05) is 12.1 Å². The normalized spacial score (nSPS) is 9.65. The molecule has 0 radical (unpaired) electrons. The van der Waals surface area contributed by atoms with Gasteiger partial charge in [0.15, 0.2) is 0 Å². The minimum atomic E-state index is -0.411. The summed E-state index contributed by atoms with van der Waals surface area (Å²) in [4.78, 5) is 17.0. The zero-order valence-corrected chi connectivity index (χ0v) is 8.92. The third-order valence-corrected chi connectivity index (χ3v) is 2.07. The third-order valence-electron chi connectivity index (χ3n) is 2.07. The molecular formula is C11H11N5O. The van der Waals surface area contributed by atoms with Crippen molar-refractivity contribution in [2.75, 3.05) is 5.73 Å². The smallest absolute Gasteiger partial charge is 0.347 e. The molecule has 3 rings (SSSR count). The van der Waals surface area contributed by atoms with Crippen LogP contribution in [0.2, 0.25) is 0 Å². The standard InChI is InChI=1S/C8H7N3O.C3H4N2/c9-7-5-3-1-2-4-6(5)10-8(12)11-7;1-2-4-5-3-1/h1-4H,(H3,9,10,11,12);1-3H,(H,4,5). The number of para-hydroxylation sites is 1. The molecule has 6 nitrogen and oxygen atoms in total. The van der Waals surface area contributed by atoms with E-state index in [0.29, 0.717) is 0 Å². The molecule has 17 heavy (non-hydrogen) atoms. The van der Waals surface area contributed by atoms with Crippen LogP contribution in [0, 0.1) is 0 Å². The van der Waals surface area contributed by atoms with Gasteiger partial charge in [-0.3, -0.25) is 5.10 Å². The average Bonchev–Trinajstić information content (AvgIpc) is 2.87. The maximum Gasteiger partial charge on any atom is 0.347 e. The molecule has 3 aromatic rings. The van der Waals surface area contributed by atoms with Gasteiger partial charge in [-0.05, 0) is 18.2 Å². The molecule has 0 spiro atoms. The third kappa shape index (κ3) is 2.69. The first kappa shape index (κ1) is 10.9. The lowest BCUT2D eigenvalue weighted by Gasteiger charge is -1.97. The van der Waals surface area contributed by atoms with Crippen LogP contribution >= 0.6 is 0 Å². The molecule has 0 aliphatic rings. The number of hydrogen-bond acceptors (Lipinski definition) is 4. The molecule has 2 aromatic heterocycles. The van der Waals surface area contributed by atoms with E-state index in [9.17, 15) is 4.79 Å². The monoisotopic (exact) mass is 229 g/mol. The number of H-pyrrole nitrogens is 2. The number of fused-ring (bicyclic) bond motifs is 1. The highest BCUT2D eigenvalue weighted by atomic mass is 16.1. The number of benzene rings is 1. The molecule has 0 saturated heterocycles. The average molecular weight is 229 g/mol. The Kier molecular flexibility index (Phi) is 3.15. The summed E-state index contributed by atoms with van der Waals surface area (Å²) >= 11 is 0. The molecule has 0 fully saturated rings. The maximum atomic E-state index is 10.9. The molecule has 1 aromatic carbocycles. The summed E-state index contributed by atoms with van der Waals surface area (Å²) < 4.78 is 0. The van der Waals surface area contributed by atoms with E-state index in [0.717, 1.165) is 10.9 Å². The van der Waals surface area contributed by atoms with Gasteiger partial charge in [-0.15, -0.1) is 0 Å². The van der Waals surface area contributed by atoms with E-state index in [1.807, 2.05) is 24.3 Å². The van der Waals surface area contributed by atoms with Crippen molar-refractivity contribution in [3.05, 3.63) is 53.2 Å². The summed E-state index contributed by atoms with van der Waals surface area (Å²) in [5, 5.41) is 6.98. The highest BCUT2D eigenvalue weighted by Crippen LogP contribution is 2.12. The molecule has 0 unspecified atom stereocenters. The van der Waals surface area contributed by atoms with E-state index in [-0.39, 0.29) is 5.82 Å². The zero-order valence-electron chi connectivity index (χ0n) is 8.92. The number of aromatic amines is 2. The molecule has 0 aliphatic carbocycles. The van der Waals surface area contributed by atoms with Gasteiger partial charge in [0.05, 0.1) is 5.52 Å². The largest absolute Gasteiger partial charge is 0.383 e. The molecule has 2 heterocycles. The number of nitrogens with two attached hydrogens (primary N) is 1. The SMILES string of the molecule is Nc1nc(=O)[nH]c2ccccc12.c1cn[nH]c1. The molecule has 86 valence electrons. The van der Waals surface area contributed by atoms with Crippen LogP contribution in [-0.4, -0.2) is 20.2 Å². The van der Waals surface area contributed by atoms with Gasteiger partial charge >= 0.3 is 5.69 Å². The van der Waals surface area contributed by atoms with Crippen LogP contribution in [0.1, 0.15) is 0 Å². The maximum absolute atomic E-state index is 10.9. The number of hydrogen-bond donors (Lipinski definition) is 3. The van der Waals surface area contributed by atoms with E-state index in [1.165, 1.54) is 0 Å². The second-order valence-electron chi connectivity index (χ2n) is 3.24. The van der Waals surface area contributed by atoms with Crippen molar-refractivity contribution in [2.24, 2.45) is 0 Å². The number of aromatic nitrogens is 4. The van der Waals surface area contributed by atoms with Gasteiger partial charge in [-0.2, -0.15) is 10.1 Å². The van der Waals surface area contributed by atoms with Gasteiger partial charge in [0, 0.05) is 17.8 Å². The van der Waals surface area contributed by atoms with Crippen molar-refractivity contribution in [1.29, 1.82) is 0 Å². The van der Waals surface area contributed by atoms with Gasteiger partial charge in [0.1, 0.15) is 5.82 Å². The first-order valence-electron chi connectivity index (χ1n) is 4.95. The zero-order chi connectivity index (χ0) is 12.1. The van der Waals surface area contributed by atoms with Crippen LogP contribution in [-0.2, 0) is 0 Å². The highest BCUT2D eigenvalue weighted by molar-refractivity contribution is 5.87. The van der Waals surface area contributed by atoms with Crippen molar-refractivity contribution in [3.8, 4) is 0 Å². The fourth-order valence-electron chi connectivity index (χ4n) is 1.34. The molecular weight excluding hydrogens is 218 g/mol. The van der Waals surface area contributed by atoms with Crippen molar-refractivity contribution in [1.82, 2.24) is 20.2 Å². The lowest BCUT2D eigenvalue weighted by Crippen LogP contribution is -2.12. The topological polar surface area (TPSA) is 100 Å². The number of nitrogens with zero attached hydrogens (tertiary/aromatic N) is 2. The predicted molar refractivity (Wildman–Crippen MR) is 65.4 cm³/mol. The fourth-order valence-corrected chi connectivity index (χ4v) is 1.34. The van der Waals surface area contributed by atoms with E-state index >= 15 is 0 Å². The van der Waals surface area contributed by atoms with Crippen molar-refractivity contribution in [3.63, 3.8) is 0 Å². The highest BCUT2D eigenvalue weighted by Gasteiger charge is 1.98. The summed E-state index contributed by atoms with van der Waals surface area (Å²) in [5.41, 5.74) is 5.83. The van der Waals surface area contributed by atoms with Crippen molar-refractivity contribution < 1.29 is 0 Å². The summed E-state index contributed by atoms with van der Waals surface area (Å²) in [5.74, 6) is 0.273. The quantitative estimate of drug-likeness (QED) is 0.533.